The average Bonchev–Trinajstić information content (AvgIpc) is 2.48. The van der Waals surface area contributed by atoms with Crippen LogP contribution in [0.1, 0.15) is 61.9 Å². The highest BCUT2D eigenvalue weighted by molar-refractivity contribution is 6.33. The van der Waals surface area contributed by atoms with Crippen LogP contribution in [-0.2, 0) is 6.42 Å². The predicted octanol–water partition coefficient (Wildman–Crippen LogP) is 2.60. The number of nitrogens with one attached hydrogen (secondary N) is 1. The topological polar surface area (TPSA) is 49.3 Å². The Kier molecular flexibility index (Phi) is 8.13. The fraction of sp³-hybridized carbons (Fsp3) is 0.588. The summed E-state index contributed by atoms with van der Waals surface area (Å²) in [6.45, 7) is 4.63. The summed E-state index contributed by atoms with van der Waals surface area (Å²) in [4.78, 5) is 12.5. The van der Waals surface area contributed by atoms with Gasteiger partial charge in [-0.05, 0) is 24.5 Å². The number of benzene rings is 1. The SMILES string of the molecule is [B]c1cc(CC)c(C(=O)CCCCCC)c(NCCO)c1. The number of ketones is 1. The Bertz CT molecular complexity index is 460. The maximum Gasteiger partial charge on any atom is 0.165 e. The molecular weight excluding hydrogens is 261 g/mol. The molecule has 0 fully saturated rings. The molecule has 1 rings (SSSR count). The molecule has 0 amide bonds. The van der Waals surface area contributed by atoms with Gasteiger partial charge < -0.3 is 10.4 Å². The van der Waals surface area contributed by atoms with Gasteiger partial charge in [-0.2, -0.15) is 0 Å². The molecule has 0 saturated carbocycles. The van der Waals surface area contributed by atoms with Crippen molar-refractivity contribution in [2.24, 2.45) is 0 Å². The first-order valence-corrected chi connectivity index (χ1v) is 7.94. The lowest BCUT2D eigenvalue weighted by molar-refractivity contribution is 0.0979. The van der Waals surface area contributed by atoms with Gasteiger partial charge in [0, 0.05) is 24.2 Å². The van der Waals surface area contributed by atoms with E-state index < -0.39 is 0 Å². The van der Waals surface area contributed by atoms with Crippen LogP contribution in [-0.4, -0.2) is 31.9 Å². The zero-order valence-electron chi connectivity index (χ0n) is 13.2. The number of anilines is 1. The zero-order valence-corrected chi connectivity index (χ0v) is 13.2. The maximum atomic E-state index is 12.5. The molecule has 0 atom stereocenters. The standard InChI is InChI=1S/C17H26BNO2/c1-3-5-6-7-8-16(21)17-13(4-2)11-14(18)12-15(17)19-9-10-20/h11-12,19-20H,3-10H2,1-2H3. The Hall–Kier alpha value is -1.29. The van der Waals surface area contributed by atoms with Crippen molar-refractivity contribution in [2.45, 2.75) is 52.4 Å². The van der Waals surface area contributed by atoms with Crippen LogP contribution in [0.3, 0.4) is 0 Å². The van der Waals surface area contributed by atoms with E-state index in [2.05, 4.69) is 12.2 Å². The minimum atomic E-state index is 0.0282. The van der Waals surface area contributed by atoms with Gasteiger partial charge in [0.2, 0.25) is 0 Å². The highest BCUT2D eigenvalue weighted by Gasteiger charge is 2.16. The zero-order chi connectivity index (χ0) is 15.7. The highest BCUT2D eigenvalue weighted by atomic mass is 16.3. The summed E-state index contributed by atoms with van der Waals surface area (Å²) in [6, 6.07) is 3.66. The van der Waals surface area contributed by atoms with Crippen LogP contribution in [0.4, 0.5) is 5.69 Å². The third-order valence-corrected chi connectivity index (χ3v) is 3.59. The van der Waals surface area contributed by atoms with Crippen molar-refractivity contribution >= 4 is 24.8 Å². The molecule has 1 aromatic carbocycles. The second-order valence-corrected chi connectivity index (χ2v) is 5.34. The van der Waals surface area contributed by atoms with Crippen LogP contribution in [0.2, 0.25) is 0 Å². The van der Waals surface area contributed by atoms with Gasteiger partial charge in [-0.15, -0.1) is 0 Å². The third-order valence-electron chi connectivity index (χ3n) is 3.59. The summed E-state index contributed by atoms with van der Waals surface area (Å²) >= 11 is 0. The molecule has 21 heavy (non-hydrogen) atoms. The summed E-state index contributed by atoms with van der Waals surface area (Å²) < 4.78 is 0. The number of unbranched alkanes of at least 4 members (excludes halogenated alkanes) is 3. The van der Waals surface area contributed by atoms with E-state index in [-0.39, 0.29) is 12.4 Å². The molecule has 1 aromatic rings. The van der Waals surface area contributed by atoms with E-state index in [1.54, 1.807) is 6.07 Å². The first kappa shape index (κ1) is 17.8. The Balaban J connectivity index is 2.92. The van der Waals surface area contributed by atoms with E-state index in [4.69, 9.17) is 13.0 Å². The number of carbonyl (C=O) groups excluding carboxylic acids is 1. The normalized spacial score (nSPS) is 10.6. The summed E-state index contributed by atoms with van der Waals surface area (Å²) in [7, 11) is 5.90. The Morgan fingerprint density at radius 2 is 2.00 bits per heavy atom. The molecule has 0 aliphatic heterocycles. The minimum absolute atomic E-state index is 0.0282. The Morgan fingerprint density at radius 3 is 2.62 bits per heavy atom. The fourth-order valence-corrected chi connectivity index (χ4v) is 2.50. The van der Waals surface area contributed by atoms with E-state index in [9.17, 15) is 4.79 Å². The van der Waals surface area contributed by atoms with Gasteiger partial charge in [-0.1, -0.05) is 44.6 Å². The van der Waals surface area contributed by atoms with Crippen molar-refractivity contribution < 1.29 is 9.90 Å². The molecule has 0 heterocycles. The summed E-state index contributed by atoms with van der Waals surface area (Å²) in [6.07, 6.45) is 5.71. The van der Waals surface area contributed by atoms with Crippen LogP contribution >= 0.6 is 0 Å². The van der Waals surface area contributed by atoms with Crippen molar-refractivity contribution in [1.82, 2.24) is 0 Å². The van der Waals surface area contributed by atoms with Gasteiger partial charge in [0.25, 0.3) is 0 Å². The number of aliphatic hydroxyl groups is 1. The first-order valence-electron chi connectivity index (χ1n) is 7.94. The monoisotopic (exact) mass is 287 g/mol. The lowest BCUT2D eigenvalue weighted by atomic mass is 9.87. The van der Waals surface area contributed by atoms with Gasteiger partial charge in [-0.25, -0.2) is 0 Å². The highest BCUT2D eigenvalue weighted by Crippen LogP contribution is 2.22. The molecule has 2 N–H and O–H groups in total. The molecule has 0 unspecified atom stereocenters. The molecule has 0 aromatic heterocycles. The Morgan fingerprint density at radius 1 is 1.24 bits per heavy atom. The van der Waals surface area contributed by atoms with Gasteiger partial charge in [0.05, 0.1) is 6.61 Å². The van der Waals surface area contributed by atoms with E-state index in [0.717, 1.165) is 36.1 Å². The summed E-state index contributed by atoms with van der Waals surface area (Å²) in [5, 5.41) is 12.1. The van der Waals surface area contributed by atoms with Crippen LogP contribution in [0.25, 0.3) is 0 Å². The largest absolute Gasteiger partial charge is 0.395 e. The van der Waals surface area contributed by atoms with Crippen LogP contribution in [0.15, 0.2) is 12.1 Å². The quantitative estimate of drug-likeness (QED) is 0.395. The van der Waals surface area contributed by atoms with E-state index in [0.29, 0.717) is 18.4 Å². The lowest BCUT2D eigenvalue weighted by Crippen LogP contribution is -2.17. The molecule has 0 spiro atoms. The Labute approximate surface area is 129 Å². The van der Waals surface area contributed by atoms with Crippen molar-refractivity contribution in [3.63, 3.8) is 0 Å². The molecule has 2 radical (unpaired) electrons. The summed E-state index contributed by atoms with van der Waals surface area (Å²) in [5.74, 6) is 0.170. The number of Topliss-reactive ketones (excluding diaryl/α,β-unsaturated/α-hetero) is 1. The first-order chi connectivity index (χ1) is 10.1. The third kappa shape index (κ3) is 5.54. The van der Waals surface area contributed by atoms with Crippen molar-refractivity contribution in [2.75, 3.05) is 18.5 Å². The number of hydrogen-bond acceptors (Lipinski definition) is 3. The molecule has 114 valence electrons. The molecule has 0 bridgehead atoms. The molecule has 0 saturated heterocycles. The van der Waals surface area contributed by atoms with Gasteiger partial charge in [-0.3, -0.25) is 4.79 Å². The number of carbonyl (C=O) groups is 1. The van der Waals surface area contributed by atoms with Crippen molar-refractivity contribution in [3.05, 3.63) is 23.3 Å². The maximum absolute atomic E-state index is 12.5. The van der Waals surface area contributed by atoms with Gasteiger partial charge in [0.1, 0.15) is 7.85 Å². The van der Waals surface area contributed by atoms with Crippen molar-refractivity contribution in [1.29, 1.82) is 0 Å². The predicted molar refractivity (Wildman–Crippen MR) is 89.9 cm³/mol. The molecule has 0 aliphatic rings. The number of hydrogen-bond donors (Lipinski definition) is 2. The van der Waals surface area contributed by atoms with Gasteiger partial charge >= 0.3 is 0 Å². The van der Waals surface area contributed by atoms with Gasteiger partial charge in [0.15, 0.2) is 5.78 Å². The lowest BCUT2D eigenvalue weighted by Gasteiger charge is -2.16. The van der Waals surface area contributed by atoms with E-state index in [1.165, 1.54) is 12.8 Å². The number of rotatable bonds is 10. The second kappa shape index (κ2) is 9.61. The molecular formula is C17H26BNO2. The van der Waals surface area contributed by atoms with E-state index >= 15 is 0 Å². The average molecular weight is 287 g/mol. The van der Waals surface area contributed by atoms with Crippen LogP contribution in [0, 0.1) is 0 Å². The summed E-state index contributed by atoms with van der Waals surface area (Å²) in [5.41, 5.74) is 3.13. The number of aryl methyl sites for hydroxylation is 1. The van der Waals surface area contributed by atoms with E-state index in [1.807, 2.05) is 13.0 Å². The molecule has 3 nitrogen and oxygen atoms in total. The van der Waals surface area contributed by atoms with Crippen LogP contribution < -0.4 is 10.8 Å². The fourth-order valence-electron chi connectivity index (χ4n) is 2.50. The number of aliphatic hydroxyl groups excluding tert-OH is 1. The molecule has 4 heteroatoms. The second-order valence-electron chi connectivity index (χ2n) is 5.34. The van der Waals surface area contributed by atoms with Crippen molar-refractivity contribution in [3.8, 4) is 0 Å². The molecule has 0 aliphatic carbocycles. The minimum Gasteiger partial charge on any atom is -0.395 e. The smallest absolute Gasteiger partial charge is 0.165 e. The van der Waals surface area contributed by atoms with Crippen LogP contribution in [0.5, 0.6) is 0 Å².